The van der Waals surface area contributed by atoms with Crippen LogP contribution in [0.5, 0.6) is 17.2 Å². The van der Waals surface area contributed by atoms with Gasteiger partial charge in [0.2, 0.25) is 11.7 Å². The van der Waals surface area contributed by atoms with E-state index < -0.39 is 6.04 Å². The molecule has 34 heavy (non-hydrogen) atoms. The molecule has 1 amide bonds. The number of hydrogen-bond acceptors (Lipinski definition) is 6. The van der Waals surface area contributed by atoms with Crippen LogP contribution < -0.4 is 14.2 Å². The maximum Gasteiger partial charge on any atom is 0.329 e. The fourth-order valence-corrected chi connectivity index (χ4v) is 5.34. The van der Waals surface area contributed by atoms with Gasteiger partial charge < -0.3 is 23.8 Å². The minimum Gasteiger partial charge on any atom is -0.493 e. The Morgan fingerprint density at radius 3 is 2.12 bits per heavy atom. The summed E-state index contributed by atoms with van der Waals surface area (Å²) < 4.78 is 22.4. The van der Waals surface area contributed by atoms with Gasteiger partial charge in [-0.2, -0.15) is 0 Å². The van der Waals surface area contributed by atoms with Gasteiger partial charge in [-0.1, -0.05) is 26.2 Å². The molecule has 1 heterocycles. The quantitative estimate of drug-likeness (QED) is 0.463. The molecule has 2 fully saturated rings. The van der Waals surface area contributed by atoms with E-state index in [4.69, 9.17) is 18.9 Å². The predicted molar refractivity (Wildman–Crippen MR) is 131 cm³/mol. The van der Waals surface area contributed by atoms with Crippen molar-refractivity contribution in [2.75, 3.05) is 27.9 Å². The van der Waals surface area contributed by atoms with E-state index in [1.165, 1.54) is 6.42 Å². The Labute approximate surface area is 204 Å². The van der Waals surface area contributed by atoms with Crippen molar-refractivity contribution in [2.24, 2.45) is 5.92 Å². The molecule has 2 aliphatic rings. The number of hydrogen-bond donors (Lipinski definition) is 0. The van der Waals surface area contributed by atoms with Crippen molar-refractivity contribution in [3.8, 4) is 17.2 Å². The molecule has 1 saturated carbocycles. The topological polar surface area (TPSA) is 74.3 Å². The lowest BCUT2D eigenvalue weighted by Gasteiger charge is -2.39. The molecule has 0 radical (unpaired) electrons. The number of ether oxygens (including phenoxy) is 4. The first kappa shape index (κ1) is 26.2. The monoisotopic (exact) mass is 475 g/mol. The van der Waals surface area contributed by atoms with Crippen molar-refractivity contribution in [1.29, 1.82) is 0 Å². The van der Waals surface area contributed by atoms with E-state index in [-0.39, 0.29) is 29.8 Å². The number of amides is 1. The zero-order valence-electron chi connectivity index (χ0n) is 21.4. The molecule has 0 aromatic heterocycles. The molecule has 3 rings (SSSR count). The Kier molecular flexibility index (Phi) is 9.48. The van der Waals surface area contributed by atoms with Gasteiger partial charge in [0.25, 0.3) is 0 Å². The van der Waals surface area contributed by atoms with Gasteiger partial charge in [-0.05, 0) is 69.1 Å². The van der Waals surface area contributed by atoms with Crippen molar-refractivity contribution in [3.63, 3.8) is 0 Å². The van der Waals surface area contributed by atoms with Crippen LogP contribution in [-0.2, 0) is 14.3 Å². The van der Waals surface area contributed by atoms with Gasteiger partial charge in [-0.15, -0.1) is 0 Å². The molecule has 7 heteroatoms. The summed E-state index contributed by atoms with van der Waals surface area (Å²) in [7, 11) is 4.75. The van der Waals surface area contributed by atoms with E-state index in [9.17, 15) is 9.59 Å². The van der Waals surface area contributed by atoms with Crippen LogP contribution >= 0.6 is 0 Å². The minimum absolute atomic E-state index is 0.00646. The lowest BCUT2D eigenvalue weighted by Crippen LogP contribution is -2.51. The number of carbonyl (C=O) groups is 2. The second-order valence-corrected chi connectivity index (χ2v) is 9.53. The summed E-state index contributed by atoms with van der Waals surface area (Å²) in [5, 5.41) is 0. The molecule has 1 saturated heterocycles. The van der Waals surface area contributed by atoms with Gasteiger partial charge in [-0.3, -0.25) is 4.79 Å². The Balaban J connectivity index is 2.00. The molecule has 1 aliphatic heterocycles. The van der Waals surface area contributed by atoms with Crippen molar-refractivity contribution >= 4 is 11.9 Å². The van der Waals surface area contributed by atoms with Crippen molar-refractivity contribution < 1.29 is 28.5 Å². The number of benzene rings is 1. The predicted octanol–water partition coefficient (Wildman–Crippen LogP) is 5.10. The molecule has 0 spiro atoms. The summed E-state index contributed by atoms with van der Waals surface area (Å²) in [6, 6.07) is 3.27. The minimum atomic E-state index is -0.525. The third-order valence-electron chi connectivity index (χ3n) is 7.38. The largest absolute Gasteiger partial charge is 0.493 e. The van der Waals surface area contributed by atoms with Gasteiger partial charge in [-0.25, -0.2) is 4.79 Å². The molecular weight excluding hydrogens is 434 g/mol. The molecule has 0 bridgehead atoms. The molecule has 0 N–H and O–H groups in total. The average Bonchev–Trinajstić information content (AvgIpc) is 2.88. The maximum atomic E-state index is 14.2. The summed E-state index contributed by atoms with van der Waals surface area (Å²) >= 11 is 0. The maximum absolute atomic E-state index is 14.2. The van der Waals surface area contributed by atoms with Crippen LogP contribution in [-0.4, -0.2) is 56.8 Å². The van der Waals surface area contributed by atoms with Crippen LogP contribution in [0, 0.1) is 5.92 Å². The fourth-order valence-electron chi connectivity index (χ4n) is 5.34. The number of nitrogens with zero attached hydrogens (tertiary/aromatic N) is 1. The summed E-state index contributed by atoms with van der Waals surface area (Å²) in [5.74, 6) is 1.15. The Morgan fingerprint density at radius 1 is 0.941 bits per heavy atom. The third-order valence-corrected chi connectivity index (χ3v) is 7.38. The highest BCUT2D eigenvalue weighted by Gasteiger charge is 2.41. The molecule has 1 aromatic rings. The number of carbonyl (C=O) groups excluding carboxylic acids is 2. The first-order valence-corrected chi connectivity index (χ1v) is 12.8. The van der Waals surface area contributed by atoms with Gasteiger partial charge in [0.05, 0.1) is 33.4 Å². The Bertz CT molecular complexity index is 809. The first-order valence-electron chi connectivity index (χ1n) is 12.8. The highest BCUT2D eigenvalue weighted by Crippen LogP contribution is 2.45. The summed E-state index contributed by atoms with van der Waals surface area (Å²) in [5.41, 5.74) is 0.853. The molecule has 7 nitrogen and oxygen atoms in total. The van der Waals surface area contributed by atoms with Crippen molar-refractivity contribution in [1.82, 2.24) is 4.90 Å². The molecule has 3 atom stereocenters. The molecule has 1 aromatic carbocycles. The van der Waals surface area contributed by atoms with Gasteiger partial charge >= 0.3 is 5.97 Å². The van der Waals surface area contributed by atoms with Crippen LogP contribution in [0.1, 0.15) is 83.1 Å². The van der Waals surface area contributed by atoms with E-state index in [1.807, 2.05) is 26.0 Å². The molecular formula is C27H41NO6. The fraction of sp³-hybridized carbons (Fsp3) is 0.704. The van der Waals surface area contributed by atoms with E-state index in [1.54, 1.807) is 26.2 Å². The molecule has 0 unspecified atom stereocenters. The number of esters is 1. The van der Waals surface area contributed by atoms with Gasteiger partial charge in [0.15, 0.2) is 11.5 Å². The van der Waals surface area contributed by atoms with Gasteiger partial charge in [0, 0.05) is 6.54 Å². The molecule has 190 valence electrons. The highest BCUT2D eigenvalue weighted by atomic mass is 16.5. The van der Waals surface area contributed by atoms with Crippen LogP contribution in [0.15, 0.2) is 12.1 Å². The van der Waals surface area contributed by atoms with Gasteiger partial charge in [0.1, 0.15) is 6.04 Å². The Morgan fingerprint density at radius 2 is 1.56 bits per heavy atom. The first-order chi connectivity index (χ1) is 16.4. The SMILES string of the molecule is CC[C@H](C)OC(=O)[C@@H]1CCCCN1C(=O)[C@H](c1cc(OC)c(OC)c(OC)c1)C1CCCCC1. The van der Waals surface area contributed by atoms with E-state index >= 15 is 0 Å². The average molecular weight is 476 g/mol. The van der Waals surface area contributed by atoms with Crippen molar-refractivity contribution in [3.05, 3.63) is 17.7 Å². The number of methoxy groups -OCH3 is 3. The standard InChI is InChI=1S/C27H41NO6/c1-6-18(2)34-27(30)21-14-10-11-15-28(21)26(29)24(19-12-8-7-9-13-19)20-16-22(31-3)25(33-5)23(17-20)32-4/h16-19,21,24H,6-15H2,1-5H3/t18-,21-,24-/m0/s1. The zero-order valence-corrected chi connectivity index (χ0v) is 21.4. The normalized spacial score (nSPS) is 20.9. The van der Waals surface area contributed by atoms with Crippen molar-refractivity contribution in [2.45, 2.75) is 89.7 Å². The number of rotatable bonds is 9. The van der Waals surface area contributed by atoms with E-state index in [0.29, 0.717) is 30.2 Å². The smallest absolute Gasteiger partial charge is 0.329 e. The van der Waals surface area contributed by atoms with E-state index in [0.717, 1.165) is 50.5 Å². The van der Waals surface area contributed by atoms with Crippen LogP contribution in [0.3, 0.4) is 0 Å². The lowest BCUT2D eigenvalue weighted by molar-refractivity contribution is -0.161. The summed E-state index contributed by atoms with van der Waals surface area (Å²) in [6.07, 6.45) is 8.45. The summed E-state index contributed by atoms with van der Waals surface area (Å²) in [4.78, 5) is 29.0. The highest BCUT2D eigenvalue weighted by molar-refractivity contribution is 5.89. The number of piperidine rings is 1. The Hall–Kier alpha value is -2.44. The molecule has 1 aliphatic carbocycles. The zero-order chi connectivity index (χ0) is 24.7. The van der Waals surface area contributed by atoms with Crippen LogP contribution in [0.2, 0.25) is 0 Å². The summed E-state index contributed by atoms with van der Waals surface area (Å²) in [6.45, 7) is 4.46. The lowest BCUT2D eigenvalue weighted by atomic mass is 9.75. The van der Waals surface area contributed by atoms with Crippen LogP contribution in [0.25, 0.3) is 0 Å². The number of likely N-dealkylation sites (tertiary alicyclic amines) is 1. The second-order valence-electron chi connectivity index (χ2n) is 9.53. The van der Waals surface area contributed by atoms with E-state index in [2.05, 4.69) is 0 Å². The third kappa shape index (κ3) is 5.78. The van der Waals surface area contributed by atoms with Crippen LogP contribution in [0.4, 0.5) is 0 Å². The second kappa shape index (κ2) is 12.3.